The van der Waals surface area contributed by atoms with Crippen molar-refractivity contribution in [2.75, 3.05) is 46.4 Å². The van der Waals surface area contributed by atoms with Crippen LogP contribution in [0.15, 0.2) is 41.8 Å². The number of hydrogen-bond donors (Lipinski definition) is 1. The summed E-state index contributed by atoms with van der Waals surface area (Å²) in [6.45, 7) is 8.12. The average Bonchev–Trinajstić information content (AvgIpc) is 3.22. The number of hydrogen-bond acceptors (Lipinski definition) is 5. The number of carbonyl (C=O) groups is 1. The number of methoxy groups -OCH3 is 1. The highest BCUT2D eigenvalue weighted by Gasteiger charge is 2.25. The Bertz CT molecular complexity index is 695. The van der Waals surface area contributed by atoms with E-state index in [9.17, 15) is 4.79 Å². The highest BCUT2D eigenvalue weighted by Crippen LogP contribution is 2.24. The van der Waals surface area contributed by atoms with Gasteiger partial charge in [0.2, 0.25) is 5.91 Å². The lowest BCUT2D eigenvalue weighted by atomic mass is 10.0. The minimum absolute atomic E-state index is 0.0863. The average molecular weight is 388 g/mol. The molecule has 1 fully saturated rings. The predicted octanol–water partition coefficient (Wildman–Crippen LogP) is 2.79. The van der Waals surface area contributed by atoms with E-state index in [4.69, 9.17) is 4.74 Å². The Morgan fingerprint density at radius 3 is 2.52 bits per heavy atom. The molecule has 1 aliphatic heterocycles. The van der Waals surface area contributed by atoms with Crippen LogP contribution in [0.25, 0.3) is 0 Å². The Hall–Kier alpha value is -1.89. The van der Waals surface area contributed by atoms with E-state index in [1.165, 1.54) is 5.56 Å². The summed E-state index contributed by atoms with van der Waals surface area (Å²) in [5.74, 6) is 0.943. The van der Waals surface area contributed by atoms with Gasteiger partial charge in [0.25, 0.3) is 0 Å². The number of likely N-dealkylation sites (N-methyl/N-ethyl adjacent to an activating group) is 1. The first-order valence-electron chi connectivity index (χ1n) is 9.59. The molecule has 1 saturated heterocycles. The van der Waals surface area contributed by atoms with E-state index >= 15 is 0 Å². The van der Waals surface area contributed by atoms with Gasteiger partial charge in [-0.25, -0.2) is 0 Å². The molecule has 5 nitrogen and oxygen atoms in total. The van der Waals surface area contributed by atoms with E-state index in [1.807, 2.05) is 29.6 Å². The van der Waals surface area contributed by atoms with Crippen molar-refractivity contribution in [2.45, 2.75) is 19.4 Å². The molecule has 1 aromatic heterocycles. The molecule has 27 heavy (non-hydrogen) atoms. The summed E-state index contributed by atoms with van der Waals surface area (Å²) < 4.78 is 5.29. The van der Waals surface area contributed by atoms with Crippen LogP contribution in [0.4, 0.5) is 0 Å². The maximum absolute atomic E-state index is 12.4. The first kappa shape index (κ1) is 19.9. The Morgan fingerprint density at radius 1 is 1.19 bits per heavy atom. The second kappa shape index (κ2) is 9.88. The Labute approximate surface area is 165 Å². The van der Waals surface area contributed by atoms with Crippen LogP contribution in [0.5, 0.6) is 5.75 Å². The van der Waals surface area contributed by atoms with Gasteiger partial charge in [0.05, 0.1) is 19.6 Å². The zero-order chi connectivity index (χ0) is 19.1. The van der Waals surface area contributed by atoms with Crippen molar-refractivity contribution in [2.24, 2.45) is 0 Å². The van der Waals surface area contributed by atoms with Gasteiger partial charge in [-0.2, -0.15) is 0 Å². The topological polar surface area (TPSA) is 44.8 Å². The van der Waals surface area contributed by atoms with E-state index in [2.05, 4.69) is 34.2 Å². The van der Waals surface area contributed by atoms with Gasteiger partial charge >= 0.3 is 0 Å². The maximum atomic E-state index is 12.4. The molecule has 0 saturated carbocycles. The number of thiophene rings is 1. The molecule has 0 radical (unpaired) electrons. The van der Waals surface area contributed by atoms with Crippen LogP contribution in [0.1, 0.15) is 23.4 Å². The number of amides is 1. The minimum Gasteiger partial charge on any atom is -0.497 e. The van der Waals surface area contributed by atoms with Crippen LogP contribution in [-0.2, 0) is 11.2 Å². The number of ether oxygens (including phenoxy) is 1. The molecule has 0 aliphatic carbocycles. The number of carbonyl (C=O) groups excluding carboxylic acids is 1. The largest absolute Gasteiger partial charge is 0.497 e. The van der Waals surface area contributed by atoms with E-state index in [0.717, 1.165) is 43.4 Å². The molecule has 0 bridgehead atoms. The van der Waals surface area contributed by atoms with Crippen molar-refractivity contribution in [1.82, 2.24) is 15.1 Å². The van der Waals surface area contributed by atoms with Gasteiger partial charge in [0, 0.05) is 37.6 Å². The maximum Gasteiger partial charge on any atom is 0.225 e. The molecule has 2 heterocycles. The fourth-order valence-electron chi connectivity index (χ4n) is 3.52. The third-order valence-corrected chi connectivity index (χ3v) is 6.08. The molecule has 0 spiro atoms. The zero-order valence-corrected chi connectivity index (χ0v) is 17.0. The van der Waals surface area contributed by atoms with Gasteiger partial charge in [-0.1, -0.05) is 25.1 Å². The Balaban J connectivity index is 1.66. The molecule has 6 heteroatoms. The molecule has 146 valence electrons. The molecule has 1 N–H and O–H groups in total. The van der Waals surface area contributed by atoms with Gasteiger partial charge in [-0.15, -0.1) is 11.3 Å². The van der Waals surface area contributed by atoms with Crippen molar-refractivity contribution in [3.05, 3.63) is 52.2 Å². The molecule has 1 amide bonds. The van der Waals surface area contributed by atoms with Crippen molar-refractivity contribution in [1.29, 1.82) is 0 Å². The van der Waals surface area contributed by atoms with Crippen molar-refractivity contribution >= 4 is 17.2 Å². The monoisotopic (exact) mass is 387 g/mol. The van der Waals surface area contributed by atoms with Crippen LogP contribution in [0.2, 0.25) is 0 Å². The predicted molar refractivity (Wildman–Crippen MR) is 110 cm³/mol. The Kier molecular flexibility index (Phi) is 7.26. The highest BCUT2D eigenvalue weighted by atomic mass is 32.1. The van der Waals surface area contributed by atoms with Crippen LogP contribution in [0, 0.1) is 0 Å². The van der Waals surface area contributed by atoms with Crippen LogP contribution in [-0.4, -0.2) is 62.1 Å². The molecule has 3 rings (SSSR count). The summed E-state index contributed by atoms with van der Waals surface area (Å²) in [5, 5.41) is 5.16. The van der Waals surface area contributed by atoms with Crippen molar-refractivity contribution in [3.63, 3.8) is 0 Å². The molecular weight excluding hydrogens is 358 g/mol. The highest BCUT2D eigenvalue weighted by molar-refractivity contribution is 7.10. The second-order valence-corrected chi connectivity index (χ2v) is 7.85. The van der Waals surface area contributed by atoms with Crippen molar-refractivity contribution < 1.29 is 9.53 Å². The SMILES string of the molecule is CCN1CCN(C(CNC(=O)Cc2cccs2)c2ccc(OC)cc2)CC1. The third kappa shape index (κ3) is 5.54. The third-order valence-electron chi connectivity index (χ3n) is 5.20. The minimum atomic E-state index is 0.0863. The summed E-state index contributed by atoms with van der Waals surface area (Å²) in [6.07, 6.45) is 0.455. The summed E-state index contributed by atoms with van der Waals surface area (Å²) in [4.78, 5) is 18.4. The smallest absolute Gasteiger partial charge is 0.225 e. The van der Waals surface area contributed by atoms with Crippen LogP contribution >= 0.6 is 11.3 Å². The number of nitrogens with one attached hydrogen (secondary N) is 1. The summed E-state index contributed by atoms with van der Waals surface area (Å²) >= 11 is 1.63. The number of piperazine rings is 1. The van der Waals surface area contributed by atoms with E-state index in [0.29, 0.717) is 13.0 Å². The molecular formula is C21H29N3O2S. The van der Waals surface area contributed by atoms with Gasteiger partial charge in [0.1, 0.15) is 5.75 Å². The lowest BCUT2D eigenvalue weighted by Gasteiger charge is -2.39. The normalized spacial score (nSPS) is 16.8. The fourth-order valence-corrected chi connectivity index (χ4v) is 4.22. The Morgan fingerprint density at radius 2 is 1.93 bits per heavy atom. The molecule has 1 aromatic carbocycles. The number of benzene rings is 1. The van der Waals surface area contributed by atoms with Gasteiger partial charge < -0.3 is 15.0 Å². The lowest BCUT2D eigenvalue weighted by Crippen LogP contribution is -2.49. The number of rotatable bonds is 8. The summed E-state index contributed by atoms with van der Waals surface area (Å²) in [7, 11) is 1.68. The van der Waals surface area contributed by atoms with Gasteiger partial charge in [0.15, 0.2) is 0 Å². The fraction of sp³-hybridized carbons (Fsp3) is 0.476. The molecule has 1 atom stereocenters. The van der Waals surface area contributed by atoms with Gasteiger partial charge in [-0.3, -0.25) is 9.69 Å². The van der Waals surface area contributed by atoms with Crippen LogP contribution in [0.3, 0.4) is 0 Å². The zero-order valence-electron chi connectivity index (χ0n) is 16.2. The molecule has 1 aliphatic rings. The first-order chi connectivity index (χ1) is 13.2. The van der Waals surface area contributed by atoms with E-state index in [-0.39, 0.29) is 11.9 Å². The standard InChI is InChI=1S/C21H29N3O2S/c1-3-23-10-12-24(13-11-23)20(17-6-8-18(26-2)9-7-17)16-22-21(25)15-19-5-4-14-27-19/h4-9,14,20H,3,10-13,15-16H2,1-2H3,(H,22,25). The lowest BCUT2D eigenvalue weighted by molar-refractivity contribution is -0.120. The molecule has 2 aromatic rings. The van der Waals surface area contributed by atoms with E-state index < -0.39 is 0 Å². The van der Waals surface area contributed by atoms with E-state index in [1.54, 1.807) is 18.4 Å². The summed E-state index contributed by atoms with van der Waals surface area (Å²) in [6, 6.07) is 12.4. The number of nitrogens with zero attached hydrogens (tertiary/aromatic N) is 2. The van der Waals surface area contributed by atoms with Crippen molar-refractivity contribution in [3.8, 4) is 5.75 Å². The summed E-state index contributed by atoms with van der Waals surface area (Å²) in [5.41, 5.74) is 1.22. The second-order valence-electron chi connectivity index (χ2n) is 6.82. The van der Waals surface area contributed by atoms with Gasteiger partial charge in [-0.05, 0) is 35.7 Å². The quantitative estimate of drug-likeness (QED) is 0.757. The first-order valence-corrected chi connectivity index (χ1v) is 10.5. The molecule has 1 unspecified atom stereocenters. The van der Waals surface area contributed by atoms with Crippen LogP contribution < -0.4 is 10.1 Å².